The number of hydrogen-bond acceptors (Lipinski definition) is 3. The summed E-state index contributed by atoms with van der Waals surface area (Å²) in [5.74, 6) is -0.130. The van der Waals surface area contributed by atoms with Gasteiger partial charge in [-0.2, -0.15) is 0 Å². The fourth-order valence-corrected chi connectivity index (χ4v) is 0.564. The molecule has 0 aliphatic rings. The summed E-state index contributed by atoms with van der Waals surface area (Å²) in [5.41, 5.74) is 2.32. The van der Waals surface area contributed by atoms with Crippen molar-refractivity contribution in [3.8, 4) is 0 Å². The van der Waals surface area contributed by atoms with Crippen molar-refractivity contribution in [2.24, 2.45) is 0 Å². The second kappa shape index (κ2) is 4.42. The van der Waals surface area contributed by atoms with Crippen LogP contribution in [-0.2, 0) is 9.53 Å². The van der Waals surface area contributed by atoms with E-state index in [0.717, 1.165) is 0 Å². The smallest absolute Gasteiger partial charge is 0.260 e. The molecule has 0 aliphatic carbocycles. The van der Waals surface area contributed by atoms with Crippen molar-refractivity contribution in [2.75, 3.05) is 20.7 Å². The van der Waals surface area contributed by atoms with Gasteiger partial charge in [0.2, 0.25) is 0 Å². The standard InChI is InChI=1S/C8H18N2O2/c1-8(2,3)12-6-7(11)9-10(4)5/h6H2,1-5H3,(H,9,11). The predicted molar refractivity (Wildman–Crippen MR) is 47.5 cm³/mol. The first-order chi connectivity index (χ1) is 5.31. The third-order valence-corrected chi connectivity index (χ3v) is 0.985. The van der Waals surface area contributed by atoms with Gasteiger partial charge >= 0.3 is 0 Å². The van der Waals surface area contributed by atoms with Crippen molar-refractivity contribution in [1.29, 1.82) is 0 Å². The molecule has 72 valence electrons. The maximum Gasteiger partial charge on any atom is 0.260 e. The van der Waals surface area contributed by atoms with E-state index in [4.69, 9.17) is 4.74 Å². The first-order valence-corrected chi connectivity index (χ1v) is 3.92. The summed E-state index contributed by atoms with van der Waals surface area (Å²) in [6.07, 6.45) is 0. The van der Waals surface area contributed by atoms with Gasteiger partial charge in [0, 0.05) is 14.1 Å². The van der Waals surface area contributed by atoms with Crippen molar-refractivity contribution in [1.82, 2.24) is 10.4 Å². The number of amides is 1. The Labute approximate surface area is 73.8 Å². The zero-order valence-corrected chi connectivity index (χ0v) is 8.47. The molecule has 0 spiro atoms. The number of nitrogens with zero attached hydrogens (tertiary/aromatic N) is 1. The van der Waals surface area contributed by atoms with E-state index in [1.807, 2.05) is 20.8 Å². The second-order valence-corrected chi connectivity index (χ2v) is 3.83. The lowest BCUT2D eigenvalue weighted by molar-refractivity contribution is -0.134. The Morgan fingerprint density at radius 3 is 2.25 bits per heavy atom. The van der Waals surface area contributed by atoms with E-state index in [1.165, 1.54) is 0 Å². The lowest BCUT2D eigenvalue weighted by atomic mass is 10.2. The third kappa shape index (κ3) is 7.50. The van der Waals surface area contributed by atoms with Crippen LogP contribution in [0.1, 0.15) is 20.8 Å². The van der Waals surface area contributed by atoms with Crippen LogP contribution in [-0.4, -0.2) is 37.2 Å². The van der Waals surface area contributed by atoms with Gasteiger partial charge in [-0.05, 0) is 20.8 Å². The Bertz CT molecular complexity index is 150. The van der Waals surface area contributed by atoms with Gasteiger partial charge < -0.3 is 4.74 Å². The minimum absolute atomic E-state index is 0.0989. The van der Waals surface area contributed by atoms with Crippen molar-refractivity contribution >= 4 is 5.91 Å². The number of carbonyl (C=O) groups is 1. The highest BCUT2D eigenvalue weighted by Gasteiger charge is 2.12. The van der Waals surface area contributed by atoms with Crippen LogP contribution >= 0.6 is 0 Å². The first-order valence-electron chi connectivity index (χ1n) is 3.92. The molecule has 1 N–H and O–H groups in total. The minimum Gasteiger partial charge on any atom is -0.366 e. The summed E-state index contributed by atoms with van der Waals surface area (Å²) in [5, 5.41) is 1.59. The molecule has 0 heterocycles. The number of hydrogen-bond donors (Lipinski definition) is 1. The van der Waals surface area contributed by atoms with Gasteiger partial charge in [0.15, 0.2) is 0 Å². The third-order valence-electron chi connectivity index (χ3n) is 0.985. The van der Waals surface area contributed by atoms with Gasteiger partial charge in [0.25, 0.3) is 5.91 Å². The molecule has 0 aliphatic heterocycles. The van der Waals surface area contributed by atoms with E-state index >= 15 is 0 Å². The monoisotopic (exact) mass is 174 g/mol. The molecular formula is C8H18N2O2. The summed E-state index contributed by atoms with van der Waals surface area (Å²) in [7, 11) is 3.52. The molecule has 0 atom stereocenters. The van der Waals surface area contributed by atoms with E-state index < -0.39 is 0 Å². The van der Waals surface area contributed by atoms with Crippen LogP contribution in [0.4, 0.5) is 0 Å². The van der Waals surface area contributed by atoms with E-state index in [0.29, 0.717) is 0 Å². The van der Waals surface area contributed by atoms with Gasteiger partial charge in [0.1, 0.15) is 6.61 Å². The zero-order valence-electron chi connectivity index (χ0n) is 8.47. The number of ether oxygens (including phenoxy) is 1. The zero-order chi connectivity index (χ0) is 9.78. The number of nitrogens with one attached hydrogen (secondary N) is 1. The first kappa shape index (κ1) is 11.4. The maximum absolute atomic E-state index is 11.0. The number of rotatable bonds is 3. The van der Waals surface area contributed by atoms with Crippen molar-refractivity contribution in [3.63, 3.8) is 0 Å². The van der Waals surface area contributed by atoms with E-state index in [-0.39, 0.29) is 18.1 Å². The summed E-state index contributed by atoms with van der Waals surface area (Å²) >= 11 is 0. The molecule has 0 fully saturated rings. The van der Waals surface area contributed by atoms with Gasteiger partial charge in [-0.3, -0.25) is 10.2 Å². The molecule has 0 aromatic carbocycles. The number of carbonyl (C=O) groups excluding carboxylic acids is 1. The quantitative estimate of drug-likeness (QED) is 0.629. The molecular weight excluding hydrogens is 156 g/mol. The molecule has 0 rings (SSSR count). The fraction of sp³-hybridized carbons (Fsp3) is 0.875. The van der Waals surface area contributed by atoms with Gasteiger partial charge in [-0.15, -0.1) is 0 Å². The van der Waals surface area contributed by atoms with Gasteiger partial charge in [-0.25, -0.2) is 5.01 Å². The Balaban J connectivity index is 3.58. The van der Waals surface area contributed by atoms with Crippen molar-refractivity contribution in [2.45, 2.75) is 26.4 Å². The van der Waals surface area contributed by atoms with Crippen LogP contribution in [0.2, 0.25) is 0 Å². The molecule has 0 radical (unpaired) electrons. The van der Waals surface area contributed by atoms with Crippen LogP contribution in [0.25, 0.3) is 0 Å². The number of hydrazine groups is 1. The Hall–Kier alpha value is -0.610. The summed E-state index contributed by atoms with van der Waals surface area (Å²) in [6, 6.07) is 0. The fourth-order valence-electron chi connectivity index (χ4n) is 0.564. The van der Waals surface area contributed by atoms with Crippen LogP contribution in [0, 0.1) is 0 Å². The molecule has 0 aromatic rings. The lowest BCUT2D eigenvalue weighted by Gasteiger charge is -2.20. The summed E-state index contributed by atoms with van der Waals surface area (Å²) in [4.78, 5) is 11.0. The predicted octanol–water partition coefficient (Wildman–Crippen LogP) is 0.394. The van der Waals surface area contributed by atoms with Crippen LogP contribution in [0.15, 0.2) is 0 Å². The molecule has 0 aromatic heterocycles. The average Bonchev–Trinajstić information content (AvgIpc) is 1.80. The van der Waals surface area contributed by atoms with Crippen molar-refractivity contribution in [3.05, 3.63) is 0 Å². The molecule has 0 saturated heterocycles. The molecule has 0 saturated carbocycles. The lowest BCUT2D eigenvalue weighted by Crippen LogP contribution is -2.40. The average molecular weight is 174 g/mol. The second-order valence-electron chi connectivity index (χ2n) is 3.83. The van der Waals surface area contributed by atoms with E-state index in [1.54, 1.807) is 19.1 Å². The van der Waals surface area contributed by atoms with Gasteiger partial charge in [-0.1, -0.05) is 0 Å². The topological polar surface area (TPSA) is 41.6 Å². The Kier molecular flexibility index (Phi) is 4.20. The highest BCUT2D eigenvalue weighted by molar-refractivity contribution is 5.76. The highest BCUT2D eigenvalue weighted by Crippen LogP contribution is 2.05. The molecule has 0 unspecified atom stereocenters. The molecule has 1 amide bonds. The highest BCUT2D eigenvalue weighted by atomic mass is 16.5. The summed E-state index contributed by atoms with van der Waals surface area (Å²) < 4.78 is 5.25. The molecule has 0 bridgehead atoms. The molecule has 4 nitrogen and oxygen atoms in total. The van der Waals surface area contributed by atoms with E-state index in [2.05, 4.69) is 5.43 Å². The van der Waals surface area contributed by atoms with Crippen LogP contribution in [0.5, 0.6) is 0 Å². The Morgan fingerprint density at radius 2 is 1.92 bits per heavy atom. The molecule has 12 heavy (non-hydrogen) atoms. The van der Waals surface area contributed by atoms with E-state index in [9.17, 15) is 4.79 Å². The van der Waals surface area contributed by atoms with Crippen molar-refractivity contribution < 1.29 is 9.53 Å². The Morgan fingerprint density at radius 1 is 1.42 bits per heavy atom. The van der Waals surface area contributed by atoms with Crippen LogP contribution < -0.4 is 5.43 Å². The normalized spacial score (nSPS) is 11.8. The summed E-state index contributed by atoms with van der Waals surface area (Å²) in [6.45, 7) is 5.84. The SMILES string of the molecule is CN(C)NC(=O)COC(C)(C)C. The minimum atomic E-state index is -0.260. The molecule has 4 heteroatoms. The van der Waals surface area contributed by atoms with Gasteiger partial charge in [0.05, 0.1) is 5.60 Å². The largest absolute Gasteiger partial charge is 0.366 e. The van der Waals surface area contributed by atoms with Crippen LogP contribution in [0.3, 0.4) is 0 Å². The maximum atomic E-state index is 11.0.